The molecule has 0 saturated carbocycles. The van der Waals surface area contributed by atoms with E-state index >= 15 is 0 Å². The third kappa shape index (κ3) is 3.80. The van der Waals surface area contributed by atoms with Crippen molar-refractivity contribution < 1.29 is 14.3 Å². The first-order valence-electron chi connectivity index (χ1n) is 8.00. The molecule has 0 aromatic carbocycles. The van der Waals surface area contributed by atoms with Crippen LogP contribution in [0.3, 0.4) is 0 Å². The molecule has 0 unspecified atom stereocenters. The summed E-state index contributed by atoms with van der Waals surface area (Å²) >= 11 is 7.43. The normalized spacial score (nSPS) is 14.7. The van der Waals surface area contributed by atoms with Gasteiger partial charge in [0.2, 0.25) is 0 Å². The van der Waals surface area contributed by atoms with Gasteiger partial charge in [-0.3, -0.25) is 9.48 Å². The van der Waals surface area contributed by atoms with Crippen molar-refractivity contribution in [2.45, 2.75) is 6.92 Å². The van der Waals surface area contributed by atoms with Gasteiger partial charge in [-0.25, -0.2) is 4.79 Å². The molecule has 0 atom stereocenters. The molecule has 2 aromatic heterocycles. The summed E-state index contributed by atoms with van der Waals surface area (Å²) in [6.07, 6.45) is -0.329. The van der Waals surface area contributed by atoms with Crippen molar-refractivity contribution in [3.05, 3.63) is 28.2 Å². The van der Waals surface area contributed by atoms with E-state index in [4.69, 9.17) is 16.3 Å². The van der Waals surface area contributed by atoms with Crippen molar-refractivity contribution in [1.29, 1.82) is 0 Å². The molecular weight excluding hydrogens is 364 g/mol. The SMILES string of the molecule is CCOC(=O)N1CCN(C(=O)c2cc(-c3ccc(Cl)s3)n(C)n2)CC1. The van der Waals surface area contributed by atoms with Crippen LogP contribution in [-0.4, -0.2) is 64.4 Å². The highest BCUT2D eigenvalue weighted by Gasteiger charge is 2.27. The molecule has 1 aliphatic rings. The molecule has 2 aromatic rings. The lowest BCUT2D eigenvalue weighted by atomic mass is 10.2. The van der Waals surface area contributed by atoms with Crippen LogP contribution in [0.25, 0.3) is 10.6 Å². The number of carbonyl (C=O) groups is 2. The zero-order chi connectivity index (χ0) is 18.0. The van der Waals surface area contributed by atoms with Crippen LogP contribution < -0.4 is 0 Å². The van der Waals surface area contributed by atoms with Gasteiger partial charge in [0.25, 0.3) is 5.91 Å². The van der Waals surface area contributed by atoms with E-state index in [-0.39, 0.29) is 12.0 Å². The molecule has 0 aliphatic carbocycles. The molecule has 9 heteroatoms. The zero-order valence-corrected chi connectivity index (χ0v) is 15.6. The molecule has 0 bridgehead atoms. The second-order valence-corrected chi connectivity index (χ2v) is 7.34. The van der Waals surface area contributed by atoms with Crippen molar-refractivity contribution in [3.8, 4) is 10.6 Å². The second-order valence-electron chi connectivity index (χ2n) is 5.62. The molecule has 0 N–H and O–H groups in total. The van der Waals surface area contributed by atoms with Gasteiger partial charge in [-0.1, -0.05) is 11.6 Å². The second kappa shape index (κ2) is 7.45. The van der Waals surface area contributed by atoms with Gasteiger partial charge in [-0.05, 0) is 25.1 Å². The maximum absolute atomic E-state index is 12.7. The van der Waals surface area contributed by atoms with Crippen molar-refractivity contribution >= 4 is 34.9 Å². The Morgan fingerprint density at radius 3 is 2.52 bits per heavy atom. The molecule has 1 fully saturated rings. The number of amides is 2. The number of hydrogen-bond donors (Lipinski definition) is 0. The number of nitrogens with zero attached hydrogens (tertiary/aromatic N) is 4. The highest BCUT2D eigenvalue weighted by Crippen LogP contribution is 2.31. The number of ether oxygens (including phenoxy) is 1. The topological polar surface area (TPSA) is 67.7 Å². The van der Waals surface area contributed by atoms with Gasteiger partial charge in [0.05, 0.1) is 21.5 Å². The Kier molecular flexibility index (Phi) is 5.29. The number of carbonyl (C=O) groups excluding carboxylic acids is 2. The maximum atomic E-state index is 12.7. The van der Waals surface area contributed by atoms with Crippen LogP contribution in [0.5, 0.6) is 0 Å². The average molecular weight is 383 g/mol. The fourth-order valence-corrected chi connectivity index (χ4v) is 3.81. The maximum Gasteiger partial charge on any atom is 0.409 e. The molecular formula is C16H19ClN4O3S. The van der Waals surface area contributed by atoms with Crippen molar-refractivity contribution in [3.63, 3.8) is 0 Å². The summed E-state index contributed by atoms with van der Waals surface area (Å²) in [4.78, 5) is 28.7. The van der Waals surface area contributed by atoms with E-state index in [1.165, 1.54) is 11.3 Å². The van der Waals surface area contributed by atoms with Crippen molar-refractivity contribution in [1.82, 2.24) is 19.6 Å². The number of aryl methyl sites for hydroxylation is 1. The van der Waals surface area contributed by atoms with Crippen LogP contribution in [0, 0.1) is 0 Å². The zero-order valence-electron chi connectivity index (χ0n) is 14.1. The number of thiophene rings is 1. The van der Waals surface area contributed by atoms with Crippen molar-refractivity contribution in [2.24, 2.45) is 7.05 Å². The molecule has 0 radical (unpaired) electrons. The highest BCUT2D eigenvalue weighted by atomic mass is 35.5. The summed E-state index contributed by atoms with van der Waals surface area (Å²) in [5.74, 6) is -0.131. The van der Waals surface area contributed by atoms with E-state index in [0.29, 0.717) is 42.8 Å². The van der Waals surface area contributed by atoms with E-state index in [1.807, 2.05) is 12.1 Å². The van der Waals surface area contributed by atoms with Crippen LogP contribution in [0.2, 0.25) is 4.34 Å². The van der Waals surface area contributed by atoms with E-state index in [9.17, 15) is 9.59 Å². The predicted octanol–water partition coefficient (Wildman–Crippen LogP) is 2.72. The van der Waals surface area contributed by atoms with Gasteiger partial charge in [-0.2, -0.15) is 5.10 Å². The van der Waals surface area contributed by atoms with Gasteiger partial charge in [-0.15, -0.1) is 11.3 Å². The van der Waals surface area contributed by atoms with Gasteiger partial charge >= 0.3 is 6.09 Å². The van der Waals surface area contributed by atoms with Gasteiger partial charge < -0.3 is 14.5 Å². The molecule has 134 valence electrons. The lowest BCUT2D eigenvalue weighted by Gasteiger charge is -2.33. The minimum absolute atomic E-state index is 0.131. The van der Waals surface area contributed by atoms with Gasteiger partial charge in [0.15, 0.2) is 5.69 Å². The summed E-state index contributed by atoms with van der Waals surface area (Å²) in [6.45, 7) is 3.98. The van der Waals surface area contributed by atoms with Crippen LogP contribution in [0.4, 0.5) is 4.79 Å². The predicted molar refractivity (Wildman–Crippen MR) is 96.0 cm³/mol. The Morgan fingerprint density at radius 2 is 1.92 bits per heavy atom. The first-order chi connectivity index (χ1) is 12.0. The minimum atomic E-state index is -0.329. The van der Waals surface area contributed by atoms with Crippen LogP contribution in [-0.2, 0) is 11.8 Å². The molecule has 3 rings (SSSR count). The lowest BCUT2D eigenvalue weighted by Crippen LogP contribution is -2.50. The van der Waals surface area contributed by atoms with E-state index in [0.717, 1.165) is 10.6 Å². The molecule has 1 saturated heterocycles. The first kappa shape index (κ1) is 17.8. The van der Waals surface area contributed by atoms with Crippen LogP contribution in [0.1, 0.15) is 17.4 Å². The number of piperazine rings is 1. The smallest absolute Gasteiger partial charge is 0.409 e. The fraction of sp³-hybridized carbons (Fsp3) is 0.438. The summed E-state index contributed by atoms with van der Waals surface area (Å²) in [5, 5.41) is 4.34. The fourth-order valence-electron chi connectivity index (χ4n) is 2.72. The quantitative estimate of drug-likeness (QED) is 0.818. The third-order valence-corrected chi connectivity index (χ3v) is 5.27. The lowest BCUT2D eigenvalue weighted by molar-refractivity contribution is 0.0565. The Morgan fingerprint density at radius 1 is 1.24 bits per heavy atom. The largest absolute Gasteiger partial charge is 0.450 e. The Labute approximate surface area is 154 Å². The van der Waals surface area contributed by atoms with E-state index in [1.54, 1.807) is 34.5 Å². The monoisotopic (exact) mass is 382 g/mol. The Balaban J connectivity index is 1.67. The molecule has 2 amide bonds. The molecule has 7 nitrogen and oxygen atoms in total. The van der Waals surface area contributed by atoms with Crippen LogP contribution >= 0.6 is 22.9 Å². The standard InChI is InChI=1S/C16H19ClN4O3S/c1-3-24-16(23)21-8-6-20(7-9-21)15(22)11-10-12(19(2)18-11)13-4-5-14(17)25-13/h4-5,10H,3,6-9H2,1-2H3. The summed E-state index contributed by atoms with van der Waals surface area (Å²) in [6, 6.07) is 5.52. The number of hydrogen-bond acceptors (Lipinski definition) is 5. The minimum Gasteiger partial charge on any atom is -0.450 e. The molecule has 0 spiro atoms. The van der Waals surface area contributed by atoms with Crippen LogP contribution in [0.15, 0.2) is 18.2 Å². The average Bonchev–Trinajstić information content (AvgIpc) is 3.20. The molecule has 25 heavy (non-hydrogen) atoms. The Hall–Kier alpha value is -2.06. The number of halogens is 1. The van der Waals surface area contributed by atoms with Crippen molar-refractivity contribution in [2.75, 3.05) is 32.8 Å². The Bertz CT molecular complexity index is 780. The molecule has 1 aliphatic heterocycles. The van der Waals surface area contributed by atoms with E-state index in [2.05, 4.69) is 5.10 Å². The number of rotatable bonds is 3. The highest BCUT2D eigenvalue weighted by molar-refractivity contribution is 7.19. The number of aromatic nitrogens is 2. The summed E-state index contributed by atoms with van der Waals surface area (Å²) < 4.78 is 7.37. The van der Waals surface area contributed by atoms with E-state index < -0.39 is 0 Å². The third-order valence-electron chi connectivity index (χ3n) is 4.02. The molecule has 3 heterocycles. The summed E-state index contributed by atoms with van der Waals surface area (Å²) in [5.41, 5.74) is 1.25. The summed E-state index contributed by atoms with van der Waals surface area (Å²) in [7, 11) is 1.80. The van der Waals surface area contributed by atoms with Gasteiger partial charge in [0.1, 0.15) is 0 Å². The van der Waals surface area contributed by atoms with Gasteiger partial charge in [0, 0.05) is 33.2 Å². The first-order valence-corrected chi connectivity index (χ1v) is 9.19.